The lowest BCUT2D eigenvalue weighted by Crippen LogP contribution is -1.98. The Morgan fingerprint density at radius 1 is 1.38 bits per heavy atom. The number of aryl methyl sites for hydroxylation is 1. The molecular formula is C9H13ClN2O. The van der Waals surface area contributed by atoms with Crippen molar-refractivity contribution in [1.82, 2.24) is 9.97 Å². The maximum absolute atomic E-state index is 5.61. The number of halogens is 1. The molecule has 0 atom stereocenters. The van der Waals surface area contributed by atoms with E-state index in [-0.39, 0.29) is 0 Å². The van der Waals surface area contributed by atoms with Crippen LogP contribution in [0.3, 0.4) is 0 Å². The zero-order valence-corrected chi connectivity index (χ0v) is 8.42. The fraction of sp³-hybridized carbons (Fsp3) is 0.556. The summed E-state index contributed by atoms with van der Waals surface area (Å²) in [6.07, 6.45) is 5.34. The maximum Gasteiger partial charge on any atom is 0.128 e. The molecule has 4 heteroatoms. The van der Waals surface area contributed by atoms with Crippen LogP contribution in [0.5, 0.6) is 0 Å². The maximum atomic E-state index is 5.61. The van der Waals surface area contributed by atoms with Crippen LogP contribution in [-0.4, -0.2) is 23.7 Å². The van der Waals surface area contributed by atoms with Gasteiger partial charge in [-0.2, -0.15) is 0 Å². The lowest BCUT2D eigenvalue weighted by Gasteiger charge is -1.99. The molecule has 0 aliphatic heterocycles. The highest BCUT2D eigenvalue weighted by Gasteiger charge is 1.96. The average Bonchev–Trinajstić information content (AvgIpc) is 2.19. The van der Waals surface area contributed by atoms with Crippen LogP contribution in [0.15, 0.2) is 12.4 Å². The van der Waals surface area contributed by atoms with E-state index >= 15 is 0 Å². The molecule has 0 saturated heterocycles. The summed E-state index contributed by atoms with van der Waals surface area (Å²) in [6, 6.07) is 0. The number of ether oxygens (including phenoxy) is 1. The molecule has 0 spiro atoms. The Morgan fingerprint density at radius 2 is 2.08 bits per heavy atom. The molecular weight excluding hydrogens is 188 g/mol. The highest BCUT2D eigenvalue weighted by atomic mass is 35.5. The molecule has 1 aromatic heterocycles. The molecule has 0 aromatic carbocycles. The topological polar surface area (TPSA) is 35.0 Å². The third-order valence-corrected chi connectivity index (χ3v) is 1.97. The van der Waals surface area contributed by atoms with Crippen LogP contribution in [0, 0.1) is 0 Å². The smallest absolute Gasteiger partial charge is 0.128 e. The lowest BCUT2D eigenvalue weighted by molar-refractivity contribution is 0.194. The summed E-state index contributed by atoms with van der Waals surface area (Å²) >= 11 is 5.61. The minimum atomic E-state index is 0.471. The number of hydrogen-bond acceptors (Lipinski definition) is 3. The van der Waals surface area contributed by atoms with Gasteiger partial charge in [-0.3, -0.25) is 0 Å². The average molecular weight is 201 g/mol. The summed E-state index contributed by atoms with van der Waals surface area (Å²) in [5.74, 6) is 1.32. The van der Waals surface area contributed by atoms with E-state index < -0.39 is 0 Å². The molecule has 13 heavy (non-hydrogen) atoms. The minimum absolute atomic E-state index is 0.471. The van der Waals surface area contributed by atoms with E-state index in [2.05, 4.69) is 9.97 Å². The number of rotatable bonds is 5. The molecule has 1 rings (SSSR count). The van der Waals surface area contributed by atoms with Crippen molar-refractivity contribution in [3.8, 4) is 0 Å². The van der Waals surface area contributed by atoms with Crippen LogP contribution < -0.4 is 0 Å². The minimum Gasteiger partial charge on any atom is -0.385 e. The SMILES string of the molecule is COCCCc1ncc(CCl)cn1. The zero-order chi connectivity index (χ0) is 9.52. The lowest BCUT2D eigenvalue weighted by atomic mass is 10.3. The number of methoxy groups -OCH3 is 1. The fourth-order valence-corrected chi connectivity index (χ4v) is 1.09. The van der Waals surface area contributed by atoms with Gasteiger partial charge >= 0.3 is 0 Å². The van der Waals surface area contributed by atoms with Crippen molar-refractivity contribution < 1.29 is 4.74 Å². The quantitative estimate of drug-likeness (QED) is 0.537. The fourth-order valence-electron chi connectivity index (χ4n) is 0.954. The van der Waals surface area contributed by atoms with Crippen LogP contribution in [0.2, 0.25) is 0 Å². The standard InChI is InChI=1S/C9H13ClN2O/c1-13-4-2-3-9-11-6-8(5-10)7-12-9/h6-7H,2-5H2,1H3. The van der Waals surface area contributed by atoms with E-state index in [1.165, 1.54) is 0 Å². The highest BCUT2D eigenvalue weighted by Crippen LogP contribution is 2.01. The summed E-state index contributed by atoms with van der Waals surface area (Å²) in [7, 11) is 1.69. The highest BCUT2D eigenvalue weighted by molar-refractivity contribution is 6.17. The summed E-state index contributed by atoms with van der Waals surface area (Å²) in [5, 5.41) is 0. The second kappa shape index (κ2) is 5.89. The van der Waals surface area contributed by atoms with Gasteiger partial charge < -0.3 is 4.74 Å². The van der Waals surface area contributed by atoms with Crippen molar-refractivity contribution in [3.05, 3.63) is 23.8 Å². The second-order valence-electron chi connectivity index (χ2n) is 2.74. The summed E-state index contributed by atoms with van der Waals surface area (Å²) in [4.78, 5) is 8.34. The molecule has 72 valence electrons. The van der Waals surface area contributed by atoms with E-state index in [0.29, 0.717) is 5.88 Å². The normalized spacial score (nSPS) is 10.3. The summed E-state index contributed by atoms with van der Waals surface area (Å²) in [6.45, 7) is 0.751. The van der Waals surface area contributed by atoms with Crippen LogP contribution in [0.4, 0.5) is 0 Å². The van der Waals surface area contributed by atoms with Crippen molar-refractivity contribution in [2.45, 2.75) is 18.7 Å². The van der Waals surface area contributed by atoms with Crippen molar-refractivity contribution in [1.29, 1.82) is 0 Å². The number of nitrogens with zero attached hydrogens (tertiary/aromatic N) is 2. The first kappa shape index (κ1) is 10.4. The van der Waals surface area contributed by atoms with E-state index in [4.69, 9.17) is 16.3 Å². The van der Waals surface area contributed by atoms with Gasteiger partial charge in [0.1, 0.15) is 5.82 Å². The van der Waals surface area contributed by atoms with Gasteiger partial charge in [-0.1, -0.05) is 0 Å². The molecule has 0 bridgehead atoms. The Morgan fingerprint density at radius 3 is 2.62 bits per heavy atom. The molecule has 1 heterocycles. The van der Waals surface area contributed by atoms with Gasteiger partial charge in [0.05, 0.1) is 5.88 Å². The van der Waals surface area contributed by atoms with Crippen molar-refractivity contribution in [3.63, 3.8) is 0 Å². The van der Waals surface area contributed by atoms with Gasteiger partial charge in [-0.25, -0.2) is 9.97 Å². The molecule has 0 aliphatic carbocycles. The largest absolute Gasteiger partial charge is 0.385 e. The van der Waals surface area contributed by atoms with Crippen LogP contribution >= 0.6 is 11.6 Å². The van der Waals surface area contributed by atoms with E-state index in [1.54, 1.807) is 19.5 Å². The predicted molar refractivity (Wildman–Crippen MR) is 51.8 cm³/mol. The third-order valence-electron chi connectivity index (χ3n) is 1.66. The summed E-state index contributed by atoms with van der Waals surface area (Å²) in [5.41, 5.74) is 0.956. The second-order valence-corrected chi connectivity index (χ2v) is 3.00. The van der Waals surface area contributed by atoms with E-state index in [0.717, 1.165) is 30.8 Å². The Balaban J connectivity index is 2.40. The molecule has 0 unspecified atom stereocenters. The molecule has 3 nitrogen and oxygen atoms in total. The predicted octanol–water partition coefficient (Wildman–Crippen LogP) is 1.79. The summed E-state index contributed by atoms with van der Waals surface area (Å²) < 4.78 is 4.93. The first-order chi connectivity index (χ1) is 6.36. The Kier molecular flexibility index (Phi) is 4.72. The van der Waals surface area contributed by atoms with Crippen LogP contribution in [0.1, 0.15) is 17.8 Å². The molecule has 1 aromatic rings. The van der Waals surface area contributed by atoms with Crippen molar-refractivity contribution in [2.24, 2.45) is 0 Å². The van der Waals surface area contributed by atoms with Gasteiger partial charge in [0.2, 0.25) is 0 Å². The molecule has 0 fully saturated rings. The van der Waals surface area contributed by atoms with Gasteiger partial charge in [0.15, 0.2) is 0 Å². The number of alkyl halides is 1. The first-order valence-electron chi connectivity index (χ1n) is 4.21. The molecule has 0 aliphatic rings. The van der Waals surface area contributed by atoms with Crippen LogP contribution in [0.25, 0.3) is 0 Å². The first-order valence-corrected chi connectivity index (χ1v) is 4.75. The number of hydrogen-bond donors (Lipinski definition) is 0. The zero-order valence-electron chi connectivity index (χ0n) is 7.66. The molecule has 0 N–H and O–H groups in total. The van der Waals surface area contributed by atoms with Crippen LogP contribution in [-0.2, 0) is 17.0 Å². The third kappa shape index (κ3) is 3.70. The Bertz CT molecular complexity index is 238. The van der Waals surface area contributed by atoms with E-state index in [1.807, 2.05) is 0 Å². The van der Waals surface area contributed by atoms with Crippen molar-refractivity contribution >= 4 is 11.6 Å². The van der Waals surface area contributed by atoms with Gasteiger partial charge in [-0.15, -0.1) is 11.6 Å². The van der Waals surface area contributed by atoms with E-state index in [9.17, 15) is 0 Å². The molecule has 0 amide bonds. The van der Waals surface area contributed by atoms with Gasteiger partial charge in [0.25, 0.3) is 0 Å². The monoisotopic (exact) mass is 200 g/mol. The van der Waals surface area contributed by atoms with Crippen molar-refractivity contribution in [2.75, 3.05) is 13.7 Å². The Labute approximate surface area is 83.1 Å². The van der Waals surface area contributed by atoms with Gasteiger partial charge in [-0.05, 0) is 6.42 Å². The molecule has 0 radical (unpaired) electrons. The molecule has 0 saturated carbocycles. The number of aromatic nitrogens is 2. The van der Waals surface area contributed by atoms with Gasteiger partial charge in [0, 0.05) is 38.1 Å². The Hall–Kier alpha value is -0.670.